The molecule has 5 nitrogen and oxygen atoms in total. The molecule has 0 spiro atoms. The normalized spacial score (nSPS) is 15.1. The van der Waals surface area contributed by atoms with Crippen molar-refractivity contribution in [3.63, 3.8) is 0 Å². The molecule has 0 aliphatic carbocycles. The highest BCUT2D eigenvalue weighted by Gasteiger charge is 2.16. The van der Waals surface area contributed by atoms with Crippen LogP contribution in [0.5, 0.6) is 0 Å². The molecule has 1 saturated heterocycles. The second kappa shape index (κ2) is 7.31. The number of carboxylic acids is 1. The first kappa shape index (κ1) is 14.9. The second-order valence-corrected chi connectivity index (χ2v) is 5.47. The minimum absolute atomic E-state index is 0.139. The molecule has 1 N–H and O–H groups in total. The number of ether oxygens (including phenoxy) is 1. The summed E-state index contributed by atoms with van der Waals surface area (Å²) in [4.78, 5) is 24.5. The first-order valence-electron chi connectivity index (χ1n) is 6.42. The molecule has 1 aromatic carbocycles. The Morgan fingerprint density at radius 2 is 1.85 bits per heavy atom. The van der Waals surface area contributed by atoms with Gasteiger partial charge in [0.1, 0.15) is 0 Å². The fourth-order valence-corrected chi connectivity index (χ4v) is 2.79. The Kier molecular flexibility index (Phi) is 5.43. The second-order valence-electron chi connectivity index (χ2n) is 4.49. The van der Waals surface area contributed by atoms with E-state index in [9.17, 15) is 9.59 Å². The zero-order valence-electron chi connectivity index (χ0n) is 11.1. The molecule has 0 aromatic heterocycles. The number of carbonyl (C=O) groups excluding carboxylic acids is 1. The Labute approximate surface area is 121 Å². The number of thioether (sulfide) groups is 1. The van der Waals surface area contributed by atoms with Crippen LogP contribution in [-0.4, -0.2) is 53.9 Å². The van der Waals surface area contributed by atoms with E-state index in [1.807, 2.05) is 4.90 Å². The summed E-state index contributed by atoms with van der Waals surface area (Å²) in [6.07, 6.45) is 0. The maximum absolute atomic E-state index is 11.9. The molecule has 0 unspecified atom stereocenters. The molecular weight excluding hydrogens is 278 g/mol. The standard InChI is InChI=1S/C14H17NO4S/c16-13(15-5-7-19-8-6-15)10-20-9-11-1-3-12(4-2-11)14(17)18/h1-4H,5-10H2,(H,17,18). The van der Waals surface area contributed by atoms with Crippen LogP contribution >= 0.6 is 11.8 Å². The summed E-state index contributed by atoms with van der Waals surface area (Å²) in [5.41, 5.74) is 1.30. The lowest BCUT2D eigenvalue weighted by Crippen LogP contribution is -2.41. The number of amides is 1. The third-order valence-electron chi connectivity index (χ3n) is 3.06. The van der Waals surface area contributed by atoms with E-state index < -0.39 is 5.97 Å². The molecule has 1 aliphatic rings. The highest BCUT2D eigenvalue weighted by Crippen LogP contribution is 2.14. The van der Waals surface area contributed by atoms with Gasteiger partial charge in [0, 0.05) is 18.8 Å². The molecule has 0 radical (unpaired) electrons. The average Bonchev–Trinajstić information content (AvgIpc) is 2.48. The van der Waals surface area contributed by atoms with E-state index in [4.69, 9.17) is 9.84 Å². The van der Waals surface area contributed by atoms with Gasteiger partial charge in [0.25, 0.3) is 0 Å². The summed E-state index contributed by atoms with van der Waals surface area (Å²) in [5.74, 6) is 0.364. The molecule has 6 heteroatoms. The number of morpholine rings is 1. The van der Waals surface area contributed by atoms with E-state index in [0.717, 1.165) is 5.56 Å². The van der Waals surface area contributed by atoms with Gasteiger partial charge in [0.05, 0.1) is 24.5 Å². The minimum atomic E-state index is -0.924. The predicted octanol–water partition coefficient (Wildman–Crippen LogP) is 1.48. The number of carboxylic acid groups (broad SMARTS) is 1. The summed E-state index contributed by atoms with van der Waals surface area (Å²) < 4.78 is 5.21. The number of hydrogen-bond acceptors (Lipinski definition) is 4. The molecule has 2 rings (SSSR count). The van der Waals surface area contributed by atoms with Crippen molar-refractivity contribution in [2.24, 2.45) is 0 Å². The molecule has 0 bridgehead atoms. The SMILES string of the molecule is O=C(O)c1ccc(CSCC(=O)N2CCOCC2)cc1. The van der Waals surface area contributed by atoms with Gasteiger partial charge in [-0.1, -0.05) is 12.1 Å². The van der Waals surface area contributed by atoms with Crippen molar-refractivity contribution in [1.29, 1.82) is 0 Å². The third kappa shape index (κ3) is 4.25. The van der Waals surface area contributed by atoms with Crippen LogP contribution in [-0.2, 0) is 15.3 Å². The molecule has 0 saturated carbocycles. The maximum atomic E-state index is 11.9. The lowest BCUT2D eigenvalue weighted by atomic mass is 10.1. The van der Waals surface area contributed by atoms with Gasteiger partial charge in [0.15, 0.2) is 0 Å². The van der Waals surface area contributed by atoms with Crippen LogP contribution in [0.4, 0.5) is 0 Å². The Morgan fingerprint density at radius 1 is 1.20 bits per heavy atom. The van der Waals surface area contributed by atoms with Crippen LogP contribution in [0.2, 0.25) is 0 Å². The number of rotatable bonds is 5. The van der Waals surface area contributed by atoms with Gasteiger partial charge in [-0.15, -0.1) is 11.8 Å². The zero-order valence-corrected chi connectivity index (χ0v) is 11.9. The number of hydrogen-bond donors (Lipinski definition) is 1. The Morgan fingerprint density at radius 3 is 2.45 bits per heavy atom. The van der Waals surface area contributed by atoms with Crippen molar-refractivity contribution in [3.05, 3.63) is 35.4 Å². The van der Waals surface area contributed by atoms with E-state index >= 15 is 0 Å². The van der Waals surface area contributed by atoms with E-state index in [1.165, 1.54) is 0 Å². The first-order chi connectivity index (χ1) is 9.66. The van der Waals surface area contributed by atoms with Crippen molar-refractivity contribution in [2.45, 2.75) is 5.75 Å². The maximum Gasteiger partial charge on any atom is 0.335 e. The number of carbonyl (C=O) groups is 2. The summed E-state index contributed by atoms with van der Waals surface area (Å²) in [6.45, 7) is 2.58. The minimum Gasteiger partial charge on any atom is -0.478 e. The topological polar surface area (TPSA) is 66.8 Å². The summed E-state index contributed by atoms with van der Waals surface area (Å²) in [6, 6.07) is 6.75. The van der Waals surface area contributed by atoms with Crippen LogP contribution in [0.1, 0.15) is 15.9 Å². The van der Waals surface area contributed by atoms with Gasteiger partial charge in [-0.3, -0.25) is 4.79 Å². The largest absolute Gasteiger partial charge is 0.478 e. The lowest BCUT2D eigenvalue weighted by Gasteiger charge is -2.26. The van der Waals surface area contributed by atoms with Gasteiger partial charge in [-0.05, 0) is 17.7 Å². The van der Waals surface area contributed by atoms with E-state index in [0.29, 0.717) is 37.8 Å². The molecule has 1 aromatic rings. The van der Waals surface area contributed by atoms with E-state index in [-0.39, 0.29) is 11.5 Å². The fraction of sp³-hybridized carbons (Fsp3) is 0.429. The van der Waals surface area contributed by atoms with Crippen molar-refractivity contribution >= 4 is 23.6 Å². The molecule has 1 heterocycles. The van der Waals surface area contributed by atoms with Gasteiger partial charge in [-0.2, -0.15) is 0 Å². The van der Waals surface area contributed by atoms with Gasteiger partial charge in [0.2, 0.25) is 5.91 Å². The molecule has 1 fully saturated rings. The highest BCUT2D eigenvalue weighted by atomic mass is 32.2. The van der Waals surface area contributed by atoms with Crippen molar-refractivity contribution < 1.29 is 19.4 Å². The predicted molar refractivity (Wildman–Crippen MR) is 77.0 cm³/mol. The average molecular weight is 295 g/mol. The first-order valence-corrected chi connectivity index (χ1v) is 7.58. The molecule has 20 heavy (non-hydrogen) atoms. The van der Waals surface area contributed by atoms with Crippen LogP contribution < -0.4 is 0 Å². The number of benzene rings is 1. The zero-order chi connectivity index (χ0) is 14.4. The van der Waals surface area contributed by atoms with Crippen LogP contribution in [0.15, 0.2) is 24.3 Å². The highest BCUT2D eigenvalue weighted by molar-refractivity contribution is 7.99. The van der Waals surface area contributed by atoms with E-state index in [1.54, 1.807) is 36.0 Å². The Bertz CT molecular complexity index is 469. The molecule has 1 amide bonds. The van der Waals surface area contributed by atoms with Gasteiger partial charge >= 0.3 is 5.97 Å². The van der Waals surface area contributed by atoms with Crippen molar-refractivity contribution in [2.75, 3.05) is 32.1 Å². The van der Waals surface area contributed by atoms with Crippen LogP contribution in [0.3, 0.4) is 0 Å². The van der Waals surface area contributed by atoms with E-state index in [2.05, 4.69) is 0 Å². The molecule has 0 atom stereocenters. The number of nitrogens with zero attached hydrogens (tertiary/aromatic N) is 1. The monoisotopic (exact) mass is 295 g/mol. The van der Waals surface area contributed by atoms with Crippen LogP contribution in [0, 0.1) is 0 Å². The number of aromatic carboxylic acids is 1. The molecule has 1 aliphatic heterocycles. The fourth-order valence-electron chi connectivity index (χ4n) is 1.90. The van der Waals surface area contributed by atoms with Gasteiger partial charge in [-0.25, -0.2) is 4.79 Å². The quantitative estimate of drug-likeness (QED) is 0.891. The van der Waals surface area contributed by atoms with Crippen molar-refractivity contribution in [3.8, 4) is 0 Å². The third-order valence-corrected chi connectivity index (χ3v) is 4.05. The summed E-state index contributed by atoms with van der Waals surface area (Å²) >= 11 is 1.54. The van der Waals surface area contributed by atoms with Crippen molar-refractivity contribution in [1.82, 2.24) is 4.90 Å². The molecule has 108 valence electrons. The van der Waals surface area contributed by atoms with Crippen LogP contribution in [0.25, 0.3) is 0 Å². The Balaban J connectivity index is 1.74. The molecular formula is C14H17NO4S. The lowest BCUT2D eigenvalue weighted by molar-refractivity contribution is -0.132. The smallest absolute Gasteiger partial charge is 0.335 e. The summed E-state index contributed by atoms with van der Waals surface area (Å²) in [5, 5.41) is 8.80. The Hall–Kier alpha value is -1.53. The van der Waals surface area contributed by atoms with Gasteiger partial charge < -0.3 is 14.7 Å². The summed E-state index contributed by atoms with van der Waals surface area (Å²) in [7, 11) is 0.